The lowest BCUT2D eigenvalue weighted by Gasteiger charge is -2.05. The number of carbonyl (C=O) groups is 1. The van der Waals surface area contributed by atoms with Gasteiger partial charge in [-0.15, -0.1) is 0 Å². The van der Waals surface area contributed by atoms with Crippen molar-refractivity contribution in [1.29, 1.82) is 0 Å². The summed E-state index contributed by atoms with van der Waals surface area (Å²) in [4.78, 5) is 15.3. The van der Waals surface area contributed by atoms with Gasteiger partial charge >= 0.3 is 5.97 Å². The first kappa shape index (κ1) is 25.3. The number of nitrogens with zero attached hydrogens (tertiary/aromatic N) is 1. The zero-order valence-electron chi connectivity index (χ0n) is 19.4. The van der Waals surface area contributed by atoms with Gasteiger partial charge in [0.1, 0.15) is 5.75 Å². The number of benzene rings is 3. The van der Waals surface area contributed by atoms with Gasteiger partial charge in [-0.2, -0.15) is 0 Å². The van der Waals surface area contributed by atoms with Crippen molar-refractivity contribution in [3.63, 3.8) is 0 Å². The average molecular weight is 516 g/mol. The van der Waals surface area contributed by atoms with E-state index < -0.39 is 5.97 Å². The SMILES string of the molecule is O=C(O)CCCOc1cccc(C#Cc2ccc(/C=C/C3=NC(c4ccc(Cl)cc4Cl)=CC3)cc2)c1. The van der Waals surface area contributed by atoms with E-state index in [-0.39, 0.29) is 6.42 Å². The molecule has 0 saturated carbocycles. The zero-order valence-corrected chi connectivity index (χ0v) is 20.9. The van der Waals surface area contributed by atoms with Crippen LogP contribution in [0.15, 0.2) is 83.9 Å². The van der Waals surface area contributed by atoms with Crippen LogP contribution in [0.4, 0.5) is 0 Å². The second-order valence-corrected chi connectivity index (χ2v) is 8.94. The standard InChI is InChI=1S/C30H23Cl2NO3/c31-24-13-16-27(28(32)20-24)29-17-15-25(33-29)14-12-22-8-6-21(7-9-22)10-11-23-3-1-4-26(19-23)36-18-2-5-30(34)35/h1,3-4,6-9,12-14,16-17,19-20H,2,5,15,18H2,(H,34,35)/b14-12+. The first-order valence-electron chi connectivity index (χ1n) is 11.4. The lowest BCUT2D eigenvalue weighted by molar-refractivity contribution is -0.137. The van der Waals surface area contributed by atoms with Crippen LogP contribution in [0.2, 0.25) is 10.0 Å². The summed E-state index contributed by atoms with van der Waals surface area (Å²) in [5.41, 5.74) is 5.49. The number of aliphatic imine (C=N–C) groups is 1. The van der Waals surface area contributed by atoms with Gasteiger partial charge < -0.3 is 9.84 Å². The van der Waals surface area contributed by atoms with E-state index in [4.69, 9.17) is 33.0 Å². The van der Waals surface area contributed by atoms with Crippen molar-refractivity contribution < 1.29 is 14.6 Å². The minimum atomic E-state index is -0.822. The minimum Gasteiger partial charge on any atom is -0.494 e. The summed E-state index contributed by atoms with van der Waals surface area (Å²) in [5.74, 6) is 6.17. The molecule has 180 valence electrons. The zero-order chi connectivity index (χ0) is 25.3. The Morgan fingerprint density at radius 1 is 1.00 bits per heavy atom. The topological polar surface area (TPSA) is 58.9 Å². The lowest BCUT2D eigenvalue weighted by atomic mass is 10.1. The summed E-state index contributed by atoms with van der Waals surface area (Å²) in [5, 5.41) is 9.90. The molecule has 6 heteroatoms. The van der Waals surface area contributed by atoms with Crippen LogP contribution in [0.1, 0.15) is 41.5 Å². The molecule has 0 unspecified atom stereocenters. The van der Waals surface area contributed by atoms with E-state index in [0.717, 1.165) is 40.1 Å². The summed E-state index contributed by atoms with van der Waals surface area (Å²) < 4.78 is 5.61. The molecule has 0 bridgehead atoms. The predicted octanol–water partition coefficient (Wildman–Crippen LogP) is 7.54. The van der Waals surface area contributed by atoms with Gasteiger partial charge in [-0.25, -0.2) is 0 Å². The Balaban J connectivity index is 1.34. The Morgan fingerprint density at radius 3 is 2.58 bits per heavy atom. The summed E-state index contributed by atoms with van der Waals surface area (Å²) in [6, 6.07) is 20.9. The highest BCUT2D eigenvalue weighted by atomic mass is 35.5. The molecule has 36 heavy (non-hydrogen) atoms. The Labute approximate surface area is 220 Å². The van der Waals surface area contributed by atoms with Crippen molar-refractivity contribution in [2.75, 3.05) is 6.61 Å². The van der Waals surface area contributed by atoms with Gasteiger partial charge in [0.15, 0.2) is 0 Å². The number of hydrogen-bond donors (Lipinski definition) is 1. The van der Waals surface area contributed by atoms with Crippen molar-refractivity contribution in [3.05, 3.63) is 111 Å². The minimum absolute atomic E-state index is 0.0923. The third kappa shape index (κ3) is 7.36. The highest BCUT2D eigenvalue weighted by Gasteiger charge is 2.12. The van der Waals surface area contributed by atoms with Crippen molar-refractivity contribution in [3.8, 4) is 17.6 Å². The highest BCUT2D eigenvalue weighted by Crippen LogP contribution is 2.31. The maximum atomic E-state index is 10.6. The monoisotopic (exact) mass is 515 g/mol. The number of hydrogen-bond acceptors (Lipinski definition) is 3. The molecule has 1 aliphatic heterocycles. The van der Waals surface area contributed by atoms with Crippen LogP contribution in [-0.2, 0) is 4.79 Å². The van der Waals surface area contributed by atoms with Gasteiger partial charge in [0.05, 0.1) is 17.3 Å². The number of carboxylic acids is 1. The maximum absolute atomic E-state index is 10.6. The fourth-order valence-electron chi connectivity index (χ4n) is 3.51. The molecular formula is C30H23Cl2NO3. The highest BCUT2D eigenvalue weighted by molar-refractivity contribution is 6.35. The van der Waals surface area contributed by atoms with Crippen LogP contribution < -0.4 is 4.74 Å². The second-order valence-electron chi connectivity index (χ2n) is 8.10. The third-order valence-electron chi connectivity index (χ3n) is 5.34. The number of allylic oxidation sites excluding steroid dienone is 2. The molecule has 1 heterocycles. The van der Waals surface area contributed by atoms with Gasteiger partial charge in [-0.3, -0.25) is 9.79 Å². The maximum Gasteiger partial charge on any atom is 0.303 e. The van der Waals surface area contributed by atoms with Crippen LogP contribution >= 0.6 is 23.2 Å². The van der Waals surface area contributed by atoms with Gasteiger partial charge in [-0.05, 0) is 66.6 Å². The molecule has 0 fully saturated rings. The van der Waals surface area contributed by atoms with Crippen LogP contribution in [0.3, 0.4) is 0 Å². The molecule has 0 spiro atoms. The summed E-state index contributed by atoms with van der Waals surface area (Å²) >= 11 is 12.3. The molecular weight excluding hydrogens is 493 g/mol. The van der Waals surface area contributed by atoms with Crippen LogP contribution in [-0.4, -0.2) is 23.4 Å². The predicted molar refractivity (Wildman–Crippen MR) is 147 cm³/mol. The Hall–Kier alpha value is -3.78. The van der Waals surface area contributed by atoms with E-state index in [1.165, 1.54) is 0 Å². The fourth-order valence-corrected chi connectivity index (χ4v) is 4.02. The Kier molecular flexibility index (Phi) is 8.62. The molecule has 3 aromatic rings. The fraction of sp³-hybridized carbons (Fsp3) is 0.133. The number of carboxylic acid groups (broad SMARTS) is 1. The van der Waals surface area contributed by atoms with Crippen LogP contribution in [0.25, 0.3) is 11.8 Å². The molecule has 0 saturated heterocycles. The quantitative estimate of drug-likeness (QED) is 0.249. The largest absolute Gasteiger partial charge is 0.494 e. The summed E-state index contributed by atoms with van der Waals surface area (Å²) in [7, 11) is 0. The number of aliphatic carboxylic acids is 1. The van der Waals surface area contributed by atoms with Gasteiger partial charge in [-0.1, -0.05) is 65.4 Å². The summed E-state index contributed by atoms with van der Waals surface area (Å²) in [6.45, 7) is 0.358. The Bertz CT molecular complexity index is 1410. The van der Waals surface area contributed by atoms with Crippen molar-refractivity contribution in [2.24, 2.45) is 4.99 Å². The molecule has 1 aliphatic rings. The van der Waals surface area contributed by atoms with E-state index in [1.807, 2.05) is 72.8 Å². The molecule has 0 atom stereocenters. The van der Waals surface area contributed by atoms with E-state index in [1.54, 1.807) is 6.07 Å². The molecule has 3 aromatic carbocycles. The Morgan fingerprint density at radius 2 is 1.81 bits per heavy atom. The first-order valence-corrected chi connectivity index (χ1v) is 12.2. The molecule has 0 aromatic heterocycles. The van der Waals surface area contributed by atoms with E-state index in [9.17, 15) is 4.79 Å². The second kappa shape index (κ2) is 12.3. The molecule has 0 aliphatic carbocycles. The lowest BCUT2D eigenvalue weighted by Crippen LogP contribution is -2.02. The molecule has 4 nitrogen and oxygen atoms in total. The summed E-state index contributed by atoms with van der Waals surface area (Å²) in [6.07, 6.45) is 7.40. The van der Waals surface area contributed by atoms with Gasteiger partial charge in [0.25, 0.3) is 0 Å². The number of halogens is 2. The number of rotatable bonds is 8. The number of ether oxygens (including phenoxy) is 1. The van der Waals surface area contributed by atoms with Crippen molar-refractivity contribution in [1.82, 2.24) is 0 Å². The third-order valence-corrected chi connectivity index (χ3v) is 5.89. The van der Waals surface area contributed by atoms with Gasteiger partial charge in [0.2, 0.25) is 0 Å². The molecule has 4 rings (SSSR count). The molecule has 0 radical (unpaired) electrons. The first-order chi connectivity index (χ1) is 17.5. The van der Waals surface area contributed by atoms with Gasteiger partial charge in [0, 0.05) is 40.3 Å². The van der Waals surface area contributed by atoms with E-state index in [2.05, 4.69) is 22.9 Å². The van der Waals surface area contributed by atoms with E-state index >= 15 is 0 Å². The molecule has 0 amide bonds. The van der Waals surface area contributed by atoms with Crippen molar-refractivity contribution >= 4 is 46.7 Å². The smallest absolute Gasteiger partial charge is 0.303 e. The normalized spacial score (nSPS) is 12.6. The van der Waals surface area contributed by atoms with E-state index in [0.29, 0.717) is 28.8 Å². The van der Waals surface area contributed by atoms with Crippen LogP contribution in [0.5, 0.6) is 5.75 Å². The molecule has 1 N–H and O–H groups in total. The van der Waals surface area contributed by atoms with Crippen LogP contribution in [0, 0.1) is 11.8 Å². The average Bonchev–Trinajstić information content (AvgIpc) is 3.33. The van der Waals surface area contributed by atoms with Crippen molar-refractivity contribution in [2.45, 2.75) is 19.3 Å².